The van der Waals surface area contributed by atoms with Gasteiger partial charge in [0.05, 0.1) is 10.6 Å². The molecule has 0 unspecified atom stereocenters. The van der Waals surface area contributed by atoms with Crippen LogP contribution in [0.4, 0.5) is 11.4 Å². The molecule has 0 spiro atoms. The van der Waals surface area contributed by atoms with Crippen molar-refractivity contribution < 1.29 is 13.2 Å². The predicted octanol–water partition coefficient (Wildman–Crippen LogP) is 3.56. The van der Waals surface area contributed by atoms with Crippen molar-refractivity contribution in [3.8, 4) is 5.40 Å². The topological polar surface area (TPSA) is 99.1 Å². The Balaban J connectivity index is 1.93. The van der Waals surface area contributed by atoms with Crippen LogP contribution >= 0.6 is 11.8 Å². The van der Waals surface area contributed by atoms with E-state index in [-0.39, 0.29) is 10.8 Å². The molecule has 8 heteroatoms. The quantitative estimate of drug-likeness (QED) is 0.617. The Morgan fingerprint density at radius 3 is 2.50 bits per heavy atom. The third kappa shape index (κ3) is 3.69. The largest absolute Gasteiger partial charge is 0.326 e. The Morgan fingerprint density at radius 1 is 1.15 bits per heavy atom. The molecule has 6 nitrogen and oxygen atoms in total. The van der Waals surface area contributed by atoms with E-state index in [0.717, 1.165) is 33.3 Å². The van der Waals surface area contributed by atoms with Crippen molar-refractivity contribution in [2.75, 3.05) is 10.0 Å². The number of thioether (sulfide) groups is 1. The summed E-state index contributed by atoms with van der Waals surface area (Å²) in [4.78, 5) is 12.4. The number of carbonyl (C=O) groups excluding carboxylic acids is 1. The maximum atomic E-state index is 12.8. The summed E-state index contributed by atoms with van der Waals surface area (Å²) in [5.41, 5.74) is 3.47. The maximum Gasteiger partial charge on any atom is 0.261 e. The van der Waals surface area contributed by atoms with E-state index < -0.39 is 10.0 Å². The minimum absolute atomic E-state index is 0.0622. The highest BCUT2D eigenvalue weighted by Crippen LogP contribution is 2.31. The van der Waals surface area contributed by atoms with Crippen molar-refractivity contribution in [1.82, 2.24) is 0 Å². The molecule has 1 amide bonds. The molecule has 0 saturated heterocycles. The molecule has 0 aromatic heterocycles. The molecular formula is C18H17N3O3S2. The number of nitrogens with zero attached hydrogens (tertiary/aromatic N) is 1. The highest BCUT2D eigenvalue weighted by molar-refractivity contribution is 8.03. The summed E-state index contributed by atoms with van der Waals surface area (Å²) < 4.78 is 28.3. The molecule has 0 fully saturated rings. The Bertz CT molecular complexity index is 1020. The number of hydrogen-bond donors (Lipinski definition) is 2. The van der Waals surface area contributed by atoms with Gasteiger partial charge < -0.3 is 5.32 Å². The van der Waals surface area contributed by atoms with Gasteiger partial charge in [-0.25, -0.2) is 8.42 Å². The predicted molar refractivity (Wildman–Crippen MR) is 102 cm³/mol. The summed E-state index contributed by atoms with van der Waals surface area (Å²) in [7, 11) is -3.76. The molecular weight excluding hydrogens is 370 g/mol. The van der Waals surface area contributed by atoms with Gasteiger partial charge in [0, 0.05) is 17.0 Å². The fourth-order valence-electron chi connectivity index (χ4n) is 2.92. The number of rotatable bonds is 4. The van der Waals surface area contributed by atoms with Crippen LogP contribution in [-0.4, -0.2) is 14.3 Å². The molecule has 2 N–H and O–H groups in total. The number of anilines is 2. The smallest absolute Gasteiger partial charge is 0.261 e. The van der Waals surface area contributed by atoms with Crippen LogP contribution in [0.15, 0.2) is 40.1 Å². The summed E-state index contributed by atoms with van der Waals surface area (Å²) in [5.74, 6) is -0.0622. The van der Waals surface area contributed by atoms with Crippen LogP contribution in [0, 0.1) is 24.5 Å². The van der Waals surface area contributed by atoms with Crippen molar-refractivity contribution in [2.45, 2.75) is 36.5 Å². The van der Waals surface area contributed by atoms with E-state index in [0.29, 0.717) is 24.2 Å². The number of amides is 1. The summed E-state index contributed by atoms with van der Waals surface area (Å²) in [6.45, 7) is 3.60. The van der Waals surface area contributed by atoms with Crippen LogP contribution < -0.4 is 10.0 Å². The van der Waals surface area contributed by atoms with E-state index in [9.17, 15) is 13.2 Å². The zero-order valence-corrected chi connectivity index (χ0v) is 15.9. The van der Waals surface area contributed by atoms with Gasteiger partial charge in [-0.05, 0) is 79.1 Å². The first-order valence-corrected chi connectivity index (χ1v) is 10.2. The van der Waals surface area contributed by atoms with Crippen molar-refractivity contribution in [1.29, 1.82) is 5.26 Å². The Morgan fingerprint density at radius 2 is 1.85 bits per heavy atom. The van der Waals surface area contributed by atoms with Gasteiger partial charge in [0.2, 0.25) is 5.91 Å². The standard InChI is InChI=1S/C18H17N3O3S2/c1-11-7-14(25-10-19)8-12(2)18(11)21-26(23,24)15-4-5-16-13(9-15)3-6-17(22)20-16/h4-5,7-9,21H,3,6H2,1-2H3,(H,20,22). The van der Waals surface area contributed by atoms with Crippen LogP contribution in [0.3, 0.4) is 0 Å². The lowest BCUT2D eigenvalue weighted by Gasteiger charge is -2.19. The summed E-state index contributed by atoms with van der Waals surface area (Å²) in [6.07, 6.45) is 0.864. The molecule has 1 heterocycles. The van der Waals surface area contributed by atoms with E-state index >= 15 is 0 Å². The first-order valence-electron chi connectivity index (χ1n) is 7.93. The number of thiocyanates is 1. The van der Waals surface area contributed by atoms with Crippen LogP contribution in [0.5, 0.6) is 0 Å². The van der Waals surface area contributed by atoms with Gasteiger partial charge in [0.1, 0.15) is 5.40 Å². The number of benzene rings is 2. The highest BCUT2D eigenvalue weighted by atomic mass is 32.2. The lowest BCUT2D eigenvalue weighted by molar-refractivity contribution is -0.116. The van der Waals surface area contributed by atoms with E-state index in [2.05, 4.69) is 10.0 Å². The molecule has 2 aromatic carbocycles. The summed E-state index contributed by atoms with van der Waals surface area (Å²) >= 11 is 1.04. The molecule has 0 bridgehead atoms. The van der Waals surface area contributed by atoms with E-state index in [1.807, 2.05) is 5.40 Å². The molecule has 2 aromatic rings. The summed E-state index contributed by atoms with van der Waals surface area (Å²) in [6, 6.07) is 8.26. The fourth-order valence-corrected chi connectivity index (χ4v) is 4.75. The van der Waals surface area contributed by atoms with Gasteiger partial charge in [-0.15, -0.1) is 0 Å². The molecule has 0 radical (unpaired) electrons. The van der Waals surface area contributed by atoms with Crippen LogP contribution in [-0.2, 0) is 21.2 Å². The number of nitriles is 1. The molecule has 0 atom stereocenters. The van der Waals surface area contributed by atoms with E-state index in [1.54, 1.807) is 38.1 Å². The second kappa shape index (κ2) is 7.02. The first kappa shape index (κ1) is 18.3. The summed E-state index contributed by atoms with van der Waals surface area (Å²) in [5, 5.41) is 13.5. The Kier molecular flexibility index (Phi) is 4.94. The zero-order valence-electron chi connectivity index (χ0n) is 14.3. The lowest BCUT2D eigenvalue weighted by atomic mass is 10.0. The number of fused-ring (bicyclic) bond motifs is 1. The van der Waals surface area contributed by atoms with E-state index in [4.69, 9.17) is 5.26 Å². The molecule has 1 aliphatic heterocycles. The van der Waals surface area contributed by atoms with Crippen LogP contribution in [0.2, 0.25) is 0 Å². The number of aryl methyl sites for hydroxylation is 3. The third-order valence-corrected chi connectivity index (χ3v) is 6.10. The van der Waals surface area contributed by atoms with Gasteiger partial charge in [0.15, 0.2) is 0 Å². The maximum absolute atomic E-state index is 12.8. The average Bonchev–Trinajstić information content (AvgIpc) is 2.58. The molecule has 0 saturated carbocycles. The van der Waals surface area contributed by atoms with Gasteiger partial charge in [-0.3, -0.25) is 9.52 Å². The van der Waals surface area contributed by atoms with Crippen molar-refractivity contribution in [3.05, 3.63) is 47.0 Å². The van der Waals surface area contributed by atoms with E-state index in [1.165, 1.54) is 6.07 Å². The molecule has 3 rings (SSSR count). The molecule has 26 heavy (non-hydrogen) atoms. The van der Waals surface area contributed by atoms with Gasteiger partial charge >= 0.3 is 0 Å². The Labute approximate surface area is 156 Å². The van der Waals surface area contributed by atoms with Crippen molar-refractivity contribution >= 4 is 39.1 Å². The average molecular weight is 387 g/mol. The SMILES string of the molecule is Cc1cc(SC#N)cc(C)c1NS(=O)(=O)c1ccc2c(c1)CCC(=O)N2. The normalized spacial score (nSPS) is 13.5. The number of nitrogens with one attached hydrogen (secondary N) is 2. The van der Waals surface area contributed by atoms with Gasteiger partial charge in [-0.1, -0.05) is 0 Å². The van der Waals surface area contributed by atoms with Crippen LogP contribution in [0.1, 0.15) is 23.1 Å². The van der Waals surface area contributed by atoms with Crippen molar-refractivity contribution in [3.63, 3.8) is 0 Å². The van der Waals surface area contributed by atoms with Crippen molar-refractivity contribution in [2.24, 2.45) is 0 Å². The molecule has 0 aliphatic carbocycles. The number of carbonyl (C=O) groups is 1. The fraction of sp³-hybridized carbons (Fsp3) is 0.222. The first-order chi connectivity index (χ1) is 12.3. The second-order valence-electron chi connectivity index (χ2n) is 6.10. The van der Waals surface area contributed by atoms with Crippen LogP contribution in [0.25, 0.3) is 0 Å². The minimum atomic E-state index is -3.76. The third-order valence-electron chi connectivity index (χ3n) is 4.19. The second-order valence-corrected chi connectivity index (χ2v) is 8.64. The molecule has 134 valence electrons. The van der Waals surface area contributed by atoms with Gasteiger partial charge in [0.25, 0.3) is 10.0 Å². The lowest BCUT2D eigenvalue weighted by Crippen LogP contribution is -2.20. The number of hydrogen-bond acceptors (Lipinski definition) is 5. The zero-order chi connectivity index (χ0) is 18.9. The highest BCUT2D eigenvalue weighted by Gasteiger charge is 2.21. The molecule has 1 aliphatic rings. The number of sulfonamides is 1. The Hall–Kier alpha value is -2.50. The van der Waals surface area contributed by atoms with Gasteiger partial charge in [-0.2, -0.15) is 5.26 Å². The monoisotopic (exact) mass is 387 g/mol. The minimum Gasteiger partial charge on any atom is -0.326 e.